The molecule has 0 spiro atoms. The zero-order chi connectivity index (χ0) is 12.3. The minimum atomic E-state index is -1.51. The number of hydrogen-bond acceptors (Lipinski definition) is 2. The van der Waals surface area contributed by atoms with Gasteiger partial charge in [0.25, 0.3) is 0 Å². The Balaban J connectivity index is 2.99. The van der Waals surface area contributed by atoms with Crippen molar-refractivity contribution in [2.45, 2.75) is 24.0 Å². The highest BCUT2D eigenvalue weighted by Gasteiger charge is 2.29. The third-order valence-electron chi connectivity index (χ3n) is 2.13. The molecule has 0 fully saturated rings. The number of benzene rings is 1. The third kappa shape index (κ3) is 3.15. The van der Waals surface area contributed by atoms with Gasteiger partial charge in [-0.25, -0.2) is 0 Å². The molecule has 2 unspecified atom stereocenters. The molecule has 1 aromatic rings. The zero-order valence-corrected chi connectivity index (χ0v) is 11.4. The van der Waals surface area contributed by atoms with Gasteiger partial charge in [-0.15, -0.1) is 0 Å². The summed E-state index contributed by atoms with van der Waals surface area (Å²) in [6, 6.07) is 6.87. The van der Waals surface area contributed by atoms with Gasteiger partial charge in [0.1, 0.15) is 5.25 Å². The normalized spacial score (nSPS) is 14.8. The van der Waals surface area contributed by atoms with Crippen LogP contribution in [-0.4, -0.2) is 20.5 Å². The fourth-order valence-corrected chi connectivity index (χ4v) is 2.98. The molecule has 5 heteroatoms. The first-order chi connectivity index (χ1) is 7.43. The number of halogens is 1. The van der Waals surface area contributed by atoms with Gasteiger partial charge in [-0.05, 0) is 30.2 Å². The predicted octanol–water partition coefficient (Wildman–Crippen LogP) is 2.67. The second kappa shape index (κ2) is 5.59. The van der Waals surface area contributed by atoms with Crippen LogP contribution in [0.2, 0.25) is 0 Å². The molecule has 1 N–H and O–H groups in total. The van der Waals surface area contributed by atoms with Crippen LogP contribution in [0.25, 0.3) is 0 Å². The van der Waals surface area contributed by atoms with Gasteiger partial charge in [0.05, 0.1) is 10.8 Å². The number of carboxylic acids is 1. The molecule has 0 bridgehead atoms. The monoisotopic (exact) mass is 304 g/mol. The Morgan fingerprint density at radius 1 is 1.31 bits per heavy atom. The van der Waals surface area contributed by atoms with Crippen molar-refractivity contribution in [2.24, 2.45) is 5.92 Å². The van der Waals surface area contributed by atoms with Gasteiger partial charge >= 0.3 is 5.97 Å². The fraction of sp³-hybridized carbons (Fsp3) is 0.364. The van der Waals surface area contributed by atoms with E-state index in [1.165, 1.54) is 0 Å². The van der Waals surface area contributed by atoms with Crippen molar-refractivity contribution in [3.63, 3.8) is 0 Å². The maximum absolute atomic E-state index is 12.1. The molecule has 0 aliphatic carbocycles. The van der Waals surface area contributed by atoms with Crippen molar-refractivity contribution in [3.05, 3.63) is 28.7 Å². The van der Waals surface area contributed by atoms with Gasteiger partial charge in [0.15, 0.2) is 0 Å². The molecule has 0 aliphatic heterocycles. The lowest BCUT2D eigenvalue weighted by Gasteiger charge is -2.15. The van der Waals surface area contributed by atoms with Crippen molar-refractivity contribution in [3.8, 4) is 0 Å². The largest absolute Gasteiger partial charge is 0.480 e. The summed E-state index contributed by atoms with van der Waals surface area (Å²) in [5.74, 6) is -1.18. The first kappa shape index (κ1) is 13.4. The molecule has 1 aromatic carbocycles. The van der Waals surface area contributed by atoms with Gasteiger partial charge in [0.2, 0.25) is 0 Å². The fourth-order valence-electron chi connectivity index (χ4n) is 1.34. The maximum Gasteiger partial charge on any atom is 0.319 e. The Bertz CT molecular complexity index is 400. The van der Waals surface area contributed by atoms with Crippen LogP contribution in [0.15, 0.2) is 33.6 Å². The average molecular weight is 305 g/mol. The van der Waals surface area contributed by atoms with Gasteiger partial charge in [0, 0.05) is 9.37 Å². The van der Waals surface area contributed by atoms with E-state index >= 15 is 0 Å². The minimum absolute atomic E-state index is 0.165. The first-order valence-electron chi connectivity index (χ1n) is 4.82. The molecule has 0 saturated carbocycles. The van der Waals surface area contributed by atoms with E-state index in [9.17, 15) is 9.00 Å². The third-order valence-corrected chi connectivity index (χ3v) is 4.60. The van der Waals surface area contributed by atoms with E-state index in [0.717, 1.165) is 4.47 Å². The Kier molecular flexibility index (Phi) is 4.68. The quantitative estimate of drug-likeness (QED) is 0.930. The minimum Gasteiger partial charge on any atom is -0.480 e. The van der Waals surface area contributed by atoms with Crippen molar-refractivity contribution in [1.82, 2.24) is 0 Å². The number of rotatable bonds is 4. The first-order valence-corrected chi connectivity index (χ1v) is 6.83. The zero-order valence-electron chi connectivity index (χ0n) is 9.01. The second-order valence-electron chi connectivity index (χ2n) is 3.75. The lowest BCUT2D eigenvalue weighted by atomic mass is 10.1. The van der Waals surface area contributed by atoms with Crippen LogP contribution >= 0.6 is 15.9 Å². The number of carbonyl (C=O) groups is 1. The summed E-state index contributed by atoms with van der Waals surface area (Å²) in [4.78, 5) is 11.6. The molecule has 0 heterocycles. The summed E-state index contributed by atoms with van der Waals surface area (Å²) in [6.45, 7) is 3.52. The van der Waals surface area contributed by atoms with E-state index in [4.69, 9.17) is 5.11 Å². The molecule has 3 nitrogen and oxygen atoms in total. The molecular weight excluding hydrogens is 292 g/mol. The van der Waals surface area contributed by atoms with Crippen LogP contribution in [0.3, 0.4) is 0 Å². The number of aliphatic carboxylic acids is 1. The molecule has 1 rings (SSSR count). The SMILES string of the molecule is CC(C)C(C(=O)O)S(=O)c1ccc(Br)cc1. The van der Waals surface area contributed by atoms with Gasteiger partial charge in [-0.2, -0.15) is 0 Å². The van der Waals surface area contributed by atoms with E-state index < -0.39 is 22.0 Å². The Labute approximate surface area is 105 Å². The number of carboxylic acid groups (broad SMARTS) is 1. The molecule has 0 aliphatic rings. The Morgan fingerprint density at radius 3 is 2.19 bits per heavy atom. The van der Waals surface area contributed by atoms with Crippen LogP contribution in [0, 0.1) is 5.92 Å². The summed E-state index contributed by atoms with van der Waals surface area (Å²) in [5, 5.41) is 8.17. The van der Waals surface area contributed by atoms with Gasteiger partial charge in [-0.1, -0.05) is 29.8 Å². The second-order valence-corrected chi connectivity index (χ2v) is 6.24. The summed E-state index contributed by atoms with van der Waals surface area (Å²) < 4.78 is 12.9. The molecule has 16 heavy (non-hydrogen) atoms. The van der Waals surface area contributed by atoms with Crippen molar-refractivity contribution in [1.29, 1.82) is 0 Å². The van der Waals surface area contributed by atoms with Crippen LogP contribution in [0.4, 0.5) is 0 Å². The van der Waals surface area contributed by atoms with E-state index in [2.05, 4.69) is 15.9 Å². The van der Waals surface area contributed by atoms with Crippen LogP contribution in [0.5, 0.6) is 0 Å². The molecule has 0 radical (unpaired) electrons. The summed E-state index contributed by atoms with van der Waals surface area (Å²) in [5.41, 5.74) is 0. The average Bonchev–Trinajstić information content (AvgIpc) is 2.17. The van der Waals surface area contributed by atoms with E-state index in [-0.39, 0.29) is 5.92 Å². The molecule has 0 aromatic heterocycles. The molecular formula is C11H13BrO3S. The molecule has 2 atom stereocenters. The predicted molar refractivity (Wildman–Crippen MR) is 66.8 cm³/mol. The van der Waals surface area contributed by atoms with Gasteiger partial charge in [-0.3, -0.25) is 9.00 Å². The molecule has 88 valence electrons. The number of hydrogen-bond donors (Lipinski definition) is 1. The highest BCUT2D eigenvalue weighted by molar-refractivity contribution is 9.10. The highest BCUT2D eigenvalue weighted by atomic mass is 79.9. The Morgan fingerprint density at radius 2 is 1.81 bits per heavy atom. The lowest BCUT2D eigenvalue weighted by molar-refractivity contribution is -0.137. The van der Waals surface area contributed by atoms with E-state index in [0.29, 0.717) is 4.90 Å². The van der Waals surface area contributed by atoms with Gasteiger partial charge < -0.3 is 5.11 Å². The lowest BCUT2D eigenvalue weighted by Crippen LogP contribution is -2.30. The van der Waals surface area contributed by atoms with E-state index in [1.807, 2.05) is 0 Å². The standard InChI is InChI=1S/C11H13BrO3S/c1-7(2)10(11(13)14)16(15)9-5-3-8(12)4-6-9/h3-7,10H,1-2H3,(H,13,14). The van der Waals surface area contributed by atoms with Crippen molar-refractivity contribution < 1.29 is 14.1 Å². The summed E-state index contributed by atoms with van der Waals surface area (Å²) >= 11 is 3.27. The summed E-state index contributed by atoms with van der Waals surface area (Å²) in [6.07, 6.45) is 0. The van der Waals surface area contributed by atoms with Crippen molar-refractivity contribution >= 4 is 32.7 Å². The topological polar surface area (TPSA) is 54.4 Å². The highest BCUT2D eigenvalue weighted by Crippen LogP contribution is 2.20. The van der Waals surface area contributed by atoms with E-state index in [1.54, 1.807) is 38.1 Å². The Hall–Kier alpha value is -0.680. The smallest absolute Gasteiger partial charge is 0.319 e. The van der Waals surface area contributed by atoms with Crippen LogP contribution < -0.4 is 0 Å². The maximum atomic E-state index is 12.1. The molecule has 0 amide bonds. The van der Waals surface area contributed by atoms with Crippen molar-refractivity contribution in [2.75, 3.05) is 0 Å². The van der Waals surface area contributed by atoms with Crippen LogP contribution in [-0.2, 0) is 15.6 Å². The summed E-state index contributed by atoms with van der Waals surface area (Å²) in [7, 11) is -1.51. The molecule has 0 saturated heterocycles. The van der Waals surface area contributed by atoms with Crippen LogP contribution in [0.1, 0.15) is 13.8 Å².